The van der Waals surface area contributed by atoms with Gasteiger partial charge in [-0.25, -0.2) is 0 Å². The minimum absolute atomic E-state index is 0.0374. The van der Waals surface area contributed by atoms with E-state index < -0.39 is 6.10 Å². The zero-order chi connectivity index (χ0) is 15.3. The molecule has 1 aromatic carbocycles. The van der Waals surface area contributed by atoms with Gasteiger partial charge in [0.1, 0.15) is 6.10 Å². The molecule has 2 bridgehead atoms. The fourth-order valence-corrected chi connectivity index (χ4v) is 5.87. The van der Waals surface area contributed by atoms with Crippen LogP contribution in [0.25, 0.3) is 0 Å². The Bertz CT molecular complexity index is 673. The average Bonchev–Trinajstić information content (AvgIpc) is 2.84. The van der Waals surface area contributed by atoms with Crippen LogP contribution in [0.15, 0.2) is 12.1 Å². The molecule has 4 aliphatic rings. The molecule has 0 amide bonds. The summed E-state index contributed by atoms with van der Waals surface area (Å²) in [5.41, 5.74) is 1.95. The molecule has 5 nitrogen and oxygen atoms in total. The average molecular weight is 303 g/mol. The van der Waals surface area contributed by atoms with Gasteiger partial charge in [0.15, 0.2) is 11.5 Å². The van der Waals surface area contributed by atoms with Crippen molar-refractivity contribution in [1.29, 1.82) is 0 Å². The summed E-state index contributed by atoms with van der Waals surface area (Å²) in [4.78, 5) is 0. The second-order valence-corrected chi connectivity index (χ2v) is 7.70. The van der Waals surface area contributed by atoms with E-state index in [2.05, 4.69) is 0 Å². The van der Waals surface area contributed by atoms with Crippen molar-refractivity contribution < 1.29 is 19.6 Å². The molecule has 1 saturated heterocycles. The summed E-state index contributed by atoms with van der Waals surface area (Å²) in [6.07, 6.45) is 2.21. The highest BCUT2D eigenvalue weighted by molar-refractivity contribution is 5.60. The Kier molecular flexibility index (Phi) is 2.26. The van der Waals surface area contributed by atoms with Crippen molar-refractivity contribution in [1.82, 2.24) is 0 Å². The van der Waals surface area contributed by atoms with Crippen LogP contribution >= 0.6 is 0 Å². The van der Waals surface area contributed by atoms with Gasteiger partial charge in [0.05, 0.1) is 31.2 Å². The number of rotatable bonds is 0. The summed E-state index contributed by atoms with van der Waals surface area (Å²) in [5.74, 6) is 0.971. The molecule has 5 heteroatoms. The van der Waals surface area contributed by atoms with Crippen LogP contribution in [-0.2, 0) is 11.8 Å². The molecule has 1 aromatic rings. The van der Waals surface area contributed by atoms with Crippen molar-refractivity contribution >= 4 is 0 Å². The summed E-state index contributed by atoms with van der Waals surface area (Å²) in [6.45, 7) is 0.558. The van der Waals surface area contributed by atoms with Crippen LogP contribution in [0.4, 0.5) is 0 Å². The predicted octanol–water partition coefficient (Wildman–Crippen LogP) is 1.43. The van der Waals surface area contributed by atoms with Gasteiger partial charge in [-0.05, 0) is 24.5 Å². The number of quaternary nitrogens is 1. The number of likely N-dealkylation sites (tertiary alicyclic amines) is 1. The molecule has 1 spiro atoms. The monoisotopic (exact) mass is 303 g/mol. The molecule has 1 saturated carbocycles. The number of hydrogen-bond donors (Lipinski definition) is 2. The first-order valence-corrected chi connectivity index (χ1v) is 8.21. The summed E-state index contributed by atoms with van der Waals surface area (Å²) in [5, 5.41) is 33.7. The normalized spacial score (nSPS) is 47.8. The fourth-order valence-electron chi connectivity index (χ4n) is 5.87. The van der Waals surface area contributed by atoms with Gasteiger partial charge in [0.25, 0.3) is 0 Å². The first-order valence-electron chi connectivity index (χ1n) is 8.21. The lowest BCUT2D eigenvalue weighted by Crippen LogP contribution is -2.70. The van der Waals surface area contributed by atoms with Crippen molar-refractivity contribution in [3.05, 3.63) is 28.5 Å². The quantitative estimate of drug-likeness (QED) is 0.562. The molecule has 2 N–H and O–H groups in total. The predicted molar refractivity (Wildman–Crippen MR) is 79.5 cm³/mol. The Morgan fingerprint density at radius 2 is 2.18 bits per heavy atom. The van der Waals surface area contributed by atoms with Crippen molar-refractivity contribution in [2.75, 3.05) is 13.6 Å². The maximum absolute atomic E-state index is 13.0. The highest BCUT2D eigenvalue weighted by Gasteiger charge is 2.67. The van der Waals surface area contributed by atoms with E-state index in [9.17, 15) is 15.4 Å². The highest BCUT2D eigenvalue weighted by atomic mass is 16.5. The summed E-state index contributed by atoms with van der Waals surface area (Å²) in [6, 6.07) is 3.65. The number of hydroxylamine groups is 3. The number of likely N-dealkylation sites (N-methyl/N-ethyl adjacent to an activating group) is 1. The van der Waals surface area contributed by atoms with Crippen molar-refractivity contribution in [2.24, 2.45) is 5.92 Å². The third-order valence-corrected chi connectivity index (χ3v) is 6.79. The van der Waals surface area contributed by atoms with Crippen molar-refractivity contribution in [3.8, 4) is 11.5 Å². The fraction of sp³-hybridized carbons (Fsp3) is 0.647. The Morgan fingerprint density at radius 3 is 3.00 bits per heavy atom. The lowest BCUT2D eigenvalue weighted by molar-refractivity contribution is -0.899. The van der Waals surface area contributed by atoms with Gasteiger partial charge in [-0.1, -0.05) is 6.07 Å². The van der Waals surface area contributed by atoms with E-state index in [1.54, 1.807) is 13.1 Å². The van der Waals surface area contributed by atoms with E-state index in [1.165, 1.54) is 0 Å². The summed E-state index contributed by atoms with van der Waals surface area (Å²) >= 11 is 0. The minimum atomic E-state index is -0.516. The molecule has 2 aliphatic carbocycles. The van der Waals surface area contributed by atoms with E-state index >= 15 is 0 Å². The van der Waals surface area contributed by atoms with Gasteiger partial charge in [0.2, 0.25) is 0 Å². The lowest BCUT2D eigenvalue weighted by Gasteiger charge is -2.63. The number of piperidine rings is 1. The Labute approximate surface area is 129 Å². The van der Waals surface area contributed by atoms with E-state index in [-0.39, 0.29) is 33.9 Å². The minimum Gasteiger partial charge on any atom is -0.633 e. The zero-order valence-corrected chi connectivity index (χ0v) is 12.7. The van der Waals surface area contributed by atoms with Crippen LogP contribution in [0.3, 0.4) is 0 Å². The number of ether oxygens (including phenoxy) is 1. The van der Waals surface area contributed by atoms with Crippen LogP contribution in [-0.4, -0.2) is 46.7 Å². The van der Waals surface area contributed by atoms with Crippen LogP contribution in [0, 0.1) is 11.1 Å². The third kappa shape index (κ3) is 1.28. The van der Waals surface area contributed by atoms with Crippen LogP contribution in [0.1, 0.15) is 30.4 Å². The molecule has 2 fully saturated rings. The van der Waals surface area contributed by atoms with E-state index in [4.69, 9.17) is 4.74 Å². The Morgan fingerprint density at radius 1 is 1.36 bits per heavy atom. The molecule has 118 valence electrons. The molecule has 6 atom stereocenters. The number of phenols is 1. The first-order chi connectivity index (χ1) is 10.4. The number of hydrogen-bond acceptors (Lipinski definition) is 4. The van der Waals surface area contributed by atoms with Gasteiger partial charge in [-0.2, -0.15) is 0 Å². The second-order valence-electron chi connectivity index (χ2n) is 7.70. The maximum atomic E-state index is 13.0. The Balaban J connectivity index is 1.81. The molecule has 0 radical (unpaired) electrons. The Hall–Kier alpha value is -1.30. The van der Waals surface area contributed by atoms with Gasteiger partial charge in [-0.15, -0.1) is 0 Å². The number of phenolic OH excluding ortho intramolecular Hbond substituents is 1. The molecule has 0 aromatic heterocycles. The van der Waals surface area contributed by atoms with Crippen LogP contribution in [0.2, 0.25) is 0 Å². The van der Waals surface area contributed by atoms with Gasteiger partial charge in [-0.3, -0.25) is 0 Å². The maximum Gasteiger partial charge on any atom is 0.165 e. The van der Waals surface area contributed by atoms with E-state index in [0.29, 0.717) is 18.7 Å². The largest absolute Gasteiger partial charge is 0.633 e. The van der Waals surface area contributed by atoms with Gasteiger partial charge in [0, 0.05) is 24.3 Å². The first kappa shape index (κ1) is 13.2. The van der Waals surface area contributed by atoms with E-state index in [0.717, 1.165) is 30.4 Å². The molecule has 5 rings (SSSR count). The molecule has 22 heavy (non-hydrogen) atoms. The standard InChI is InChI=1S/C17H21NO4/c1-18(21)7-6-17-10-3-5-13(20)16(17)22-15-12(19)4-2-9(14(15)17)8-11(10)18/h2,4,10-11,13,16,19-20H,3,5-8H2,1H3/t10-,11+,13?,16-,17-,18?/m0/s1. The third-order valence-electron chi connectivity index (χ3n) is 6.79. The SMILES string of the molecule is C[N+]1([O-])CC[C@]23c4c5ccc(O)c4O[C@H]2C(O)CC[C@H]3[C@H]1C5. The molecule has 2 unspecified atom stereocenters. The zero-order valence-electron chi connectivity index (χ0n) is 12.7. The molecular formula is C17H21NO4. The number of nitrogens with zero attached hydrogens (tertiary/aromatic N) is 1. The van der Waals surface area contributed by atoms with Crippen molar-refractivity contribution in [3.63, 3.8) is 0 Å². The van der Waals surface area contributed by atoms with Crippen LogP contribution in [0.5, 0.6) is 11.5 Å². The highest BCUT2D eigenvalue weighted by Crippen LogP contribution is 2.64. The number of aliphatic hydroxyl groups excluding tert-OH is 1. The molecular weight excluding hydrogens is 282 g/mol. The smallest absolute Gasteiger partial charge is 0.165 e. The number of aromatic hydroxyl groups is 1. The topological polar surface area (TPSA) is 72.8 Å². The van der Waals surface area contributed by atoms with Gasteiger partial charge < -0.3 is 24.8 Å². The number of aliphatic hydroxyl groups is 1. The lowest BCUT2D eigenvalue weighted by atomic mass is 9.51. The van der Waals surface area contributed by atoms with Crippen LogP contribution < -0.4 is 4.74 Å². The number of benzene rings is 1. The van der Waals surface area contributed by atoms with Crippen molar-refractivity contribution in [2.45, 2.75) is 49.3 Å². The molecule has 2 heterocycles. The summed E-state index contributed by atoms with van der Waals surface area (Å²) in [7, 11) is 1.79. The molecule has 2 aliphatic heterocycles. The second kappa shape index (κ2) is 3.78. The van der Waals surface area contributed by atoms with E-state index in [1.807, 2.05) is 6.07 Å². The summed E-state index contributed by atoms with van der Waals surface area (Å²) < 4.78 is 5.89. The van der Waals surface area contributed by atoms with Gasteiger partial charge >= 0.3 is 0 Å².